The van der Waals surface area contributed by atoms with Gasteiger partial charge in [0, 0.05) is 24.7 Å². The maximum absolute atomic E-state index is 12.5. The van der Waals surface area contributed by atoms with Gasteiger partial charge in [-0.2, -0.15) is 0 Å². The summed E-state index contributed by atoms with van der Waals surface area (Å²) in [5.41, 5.74) is 1.60. The Balaban J connectivity index is 1.41. The van der Waals surface area contributed by atoms with Crippen LogP contribution in [0.5, 0.6) is 11.5 Å². The summed E-state index contributed by atoms with van der Waals surface area (Å²) in [5.74, 6) is 0.706. The molecule has 2 amide bonds. The van der Waals surface area contributed by atoms with E-state index in [1.807, 2.05) is 31.2 Å². The lowest BCUT2D eigenvalue weighted by atomic mass is 10.0. The Labute approximate surface area is 187 Å². The summed E-state index contributed by atoms with van der Waals surface area (Å²) in [6.07, 6.45) is 0.563. The van der Waals surface area contributed by atoms with Gasteiger partial charge in [0.1, 0.15) is 11.5 Å². The molecule has 0 radical (unpaired) electrons. The maximum atomic E-state index is 12.5. The number of carbonyl (C=O) groups excluding carboxylic acids is 3. The van der Waals surface area contributed by atoms with Crippen molar-refractivity contribution in [2.24, 2.45) is 0 Å². The number of nitrogens with one attached hydrogen (secondary N) is 1. The molecule has 1 aliphatic rings. The zero-order valence-electron chi connectivity index (χ0n) is 18.3. The molecule has 32 heavy (non-hydrogen) atoms. The normalized spacial score (nSPS) is 13.9. The highest BCUT2D eigenvalue weighted by atomic mass is 16.7. The van der Waals surface area contributed by atoms with E-state index in [2.05, 4.69) is 5.32 Å². The summed E-state index contributed by atoms with van der Waals surface area (Å²) >= 11 is 0. The first-order valence-corrected chi connectivity index (χ1v) is 10.7. The van der Waals surface area contributed by atoms with Gasteiger partial charge in [-0.1, -0.05) is 17.7 Å². The van der Waals surface area contributed by atoms with Gasteiger partial charge >= 0.3 is 6.16 Å². The smallest absolute Gasteiger partial charge is 0.484 e. The Kier molecular flexibility index (Phi) is 8.08. The highest BCUT2D eigenvalue weighted by Gasteiger charge is 2.24. The van der Waals surface area contributed by atoms with Crippen LogP contribution in [-0.4, -0.2) is 55.2 Å². The molecule has 1 aliphatic heterocycles. The van der Waals surface area contributed by atoms with Crippen LogP contribution in [0, 0.1) is 6.92 Å². The molecule has 0 aliphatic carbocycles. The number of rotatable bonds is 7. The second-order valence-corrected chi connectivity index (χ2v) is 7.54. The summed E-state index contributed by atoms with van der Waals surface area (Å²) in [4.78, 5) is 38.0. The summed E-state index contributed by atoms with van der Waals surface area (Å²) < 4.78 is 15.3. The van der Waals surface area contributed by atoms with Crippen LogP contribution in [0.4, 0.5) is 4.79 Å². The molecule has 170 valence electrons. The van der Waals surface area contributed by atoms with Gasteiger partial charge in [-0.25, -0.2) is 4.79 Å². The number of carbonyl (C=O) groups is 3. The predicted octanol–water partition coefficient (Wildman–Crippen LogP) is 3.33. The second-order valence-electron chi connectivity index (χ2n) is 7.54. The van der Waals surface area contributed by atoms with Crippen LogP contribution in [0.2, 0.25) is 0 Å². The van der Waals surface area contributed by atoms with E-state index in [0.29, 0.717) is 43.0 Å². The molecule has 0 bridgehead atoms. The summed E-state index contributed by atoms with van der Waals surface area (Å²) in [5, 5.41) is 3.00. The Morgan fingerprint density at radius 1 is 0.969 bits per heavy atom. The van der Waals surface area contributed by atoms with Crippen molar-refractivity contribution in [2.75, 3.05) is 26.3 Å². The van der Waals surface area contributed by atoms with Crippen molar-refractivity contribution in [3.05, 3.63) is 59.7 Å². The molecule has 1 N–H and O–H groups in total. The minimum Gasteiger partial charge on any atom is -0.484 e. The number of likely N-dealkylation sites (tertiary alicyclic amines) is 1. The van der Waals surface area contributed by atoms with Crippen LogP contribution >= 0.6 is 0 Å². The average Bonchev–Trinajstić information content (AvgIpc) is 2.79. The van der Waals surface area contributed by atoms with Crippen molar-refractivity contribution in [2.45, 2.75) is 32.7 Å². The molecule has 1 fully saturated rings. The highest BCUT2D eigenvalue weighted by molar-refractivity contribution is 5.94. The molecule has 2 aromatic carbocycles. The largest absolute Gasteiger partial charge is 0.513 e. The van der Waals surface area contributed by atoms with Crippen molar-refractivity contribution in [1.29, 1.82) is 0 Å². The third-order valence-corrected chi connectivity index (χ3v) is 5.15. The molecular weight excluding hydrogens is 412 g/mol. The third-order valence-electron chi connectivity index (χ3n) is 5.15. The van der Waals surface area contributed by atoms with Crippen molar-refractivity contribution >= 4 is 18.0 Å². The predicted molar refractivity (Wildman–Crippen MR) is 118 cm³/mol. The Hall–Kier alpha value is -3.55. The first kappa shape index (κ1) is 23.1. The van der Waals surface area contributed by atoms with Crippen LogP contribution in [0.15, 0.2) is 48.5 Å². The zero-order chi connectivity index (χ0) is 22.9. The molecule has 1 heterocycles. The maximum Gasteiger partial charge on any atom is 0.513 e. The standard InChI is InChI=1S/C24H28N2O6/c1-3-30-24(29)32-21-10-6-18(7-11-21)23(28)25-19-12-14-26(15-13-19)22(27)16-31-20-8-4-17(2)5-9-20/h4-11,19H,3,12-16H2,1-2H3,(H,25,28). The van der Waals surface area contributed by atoms with E-state index >= 15 is 0 Å². The number of amides is 2. The topological polar surface area (TPSA) is 94.2 Å². The SMILES string of the molecule is CCOC(=O)Oc1ccc(C(=O)NC2CCN(C(=O)COc3ccc(C)cc3)CC2)cc1. The summed E-state index contributed by atoms with van der Waals surface area (Å²) in [6.45, 7) is 5.03. The van der Waals surface area contributed by atoms with E-state index in [1.54, 1.807) is 36.1 Å². The van der Waals surface area contributed by atoms with E-state index in [0.717, 1.165) is 5.56 Å². The van der Waals surface area contributed by atoms with E-state index in [4.69, 9.17) is 14.2 Å². The van der Waals surface area contributed by atoms with Gasteiger partial charge < -0.3 is 24.4 Å². The zero-order valence-corrected chi connectivity index (χ0v) is 18.3. The fourth-order valence-electron chi connectivity index (χ4n) is 3.33. The lowest BCUT2D eigenvalue weighted by Gasteiger charge is -2.32. The fraction of sp³-hybridized carbons (Fsp3) is 0.375. The number of piperidine rings is 1. The van der Waals surface area contributed by atoms with Crippen molar-refractivity contribution in [3.63, 3.8) is 0 Å². The first-order valence-electron chi connectivity index (χ1n) is 10.7. The molecule has 0 saturated carbocycles. The van der Waals surface area contributed by atoms with Gasteiger partial charge in [-0.15, -0.1) is 0 Å². The van der Waals surface area contributed by atoms with Gasteiger partial charge in [0.2, 0.25) is 0 Å². The minimum atomic E-state index is -0.782. The quantitative estimate of drug-likeness (QED) is 0.524. The van der Waals surface area contributed by atoms with E-state index in [-0.39, 0.29) is 31.1 Å². The second kappa shape index (κ2) is 11.2. The summed E-state index contributed by atoms with van der Waals surface area (Å²) in [6, 6.07) is 13.8. The number of benzene rings is 2. The van der Waals surface area contributed by atoms with E-state index in [1.165, 1.54) is 0 Å². The minimum absolute atomic E-state index is 0.000303. The van der Waals surface area contributed by atoms with Crippen LogP contribution in [0.3, 0.4) is 0 Å². The first-order chi connectivity index (χ1) is 15.4. The number of ether oxygens (including phenoxy) is 3. The fourth-order valence-corrected chi connectivity index (χ4v) is 3.33. The number of nitrogens with zero attached hydrogens (tertiary/aromatic N) is 1. The molecule has 0 aromatic heterocycles. The Morgan fingerprint density at radius 2 is 1.59 bits per heavy atom. The lowest BCUT2D eigenvalue weighted by Crippen LogP contribution is -2.47. The van der Waals surface area contributed by atoms with Crippen LogP contribution in [0.1, 0.15) is 35.7 Å². The molecule has 8 nitrogen and oxygen atoms in total. The lowest BCUT2D eigenvalue weighted by molar-refractivity contribution is -0.134. The van der Waals surface area contributed by atoms with Crippen molar-refractivity contribution < 1.29 is 28.6 Å². The Bertz CT molecular complexity index is 919. The monoisotopic (exact) mass is 440 g/mol. The van der Waals surface area contributed by atoms with Crippen LogP contribution in [0.25, 0.3) is 0 Å². The van der Waals surface area contributed by atoms with E-state index in [9.17, 15) is 14.4 Å². The van der Waals surface area contributed by atoms with Gasteiger partial charge in [-0.05, 0) is 63.1 Å². The molecular formula is C24H28N2O6. The van der Waals surface area contributed by atoms with E-state index < -0.39 is 6.16 Å². The van der Waals surface area contributed by atoms with Crippen LogP contribution in [-0.2, 0) is 9.53 Å². The number of hydrogen-bond acceptors (Lipinski definition) is 6. The molecule has 0 atom stereocenters. The number of aryl methyl sites for hydroxylation is 1. The van der Waals surface area contributed by atoms with Gasteiger partial charge in [0.15, 0.2) is 6.61 Å². The van der Waals surface area contributed by atoms with Gasteiger partial charge in [0.25, 0.3) is 11.8 Å². The molecule has 2 aromatic rings. The highest BCUT2D eigenvalue weighted by Crippen LogP contribution is 2.16. The molecule has 8 heteroatoms. The molecule has 1 saturated heterocycles. The van der Waals surface area contributed by atoms with Crippen molar-refractivity contribution in [3.8, 4) is 11.5 Å². The summed E-state index contributed by atoms with van der Waals surface area (Å²) in [7, 11) is 0. The molecule has 0 unspecified atom stereocenters. The number of hydrogen-bond donors (Lipinski definition) is 1. The van der Waals surface area contributed by atoms with Gasteiger partial charge in [-0.3, -0.25) is 9.59 Å². The molecule has 3 rings (SSSR count). The van der Waals surface area contributed by atoms with Crippen molar-refractivity contribution in [1.82, 2.24) is 10.2 Å². The van der Waals surface area contributed by atoms with Crippen LogP contribution < -0.4 is 14.8 Å². The average molecular weight is 440 g/mol. The molecule has 0 spiro atoms. The van der Waals surface area contributed by atoms with Gasteiger partial charge in [0.05, 0.1) is 6.61 Å². The Morgan fingerprint density at radius 3 is 2.22 bits per heavy atom. The third kappa shape index (κ3) is 6.73.